The monoisotopic (exact) mass is 339 g/mol. The largest absolute Gasteiger partial charge is 0.351 e. The second kappa shape index (κ2) is 8.67. The van der Waals surface area contributed by atoms with Crippen LogP contribution in [-0.4, -0.2) is 30.5 Å². The Hall–Kier alpha value is -0.550. The van der Waals surface area contributed by atoms with E-state index in [0.717, 1.165) is 25.9 Å². The van der Waals surface area contributed by atoms with Gasteiger partial charge in [0, 0.05) is 25.5 Å². The number of halogens is 3. The van der Waals surface area contributed by atoms with Crippen LogP contribution < -0.4 is 10.6 Å². The molecule has 1 aliphatic rings. The fraction of sp³-hybridized carbons (Fsp3) is 0.538. The zero-order chi connectivity index (χ0) is 13.0. The predicted octanol–water partition coefficient (Wildman–Crippen LogP) is 2.70. The highest BCUT2D eigenvalue weighted by Crippen LogP contribution is 2.24. The van der Waals surface area contributed by atoms with Crippen LogP contribution in [0, 0.1) is 5.41 Å². The van der Waals surface area contributed by atoms with Crippen LogP contribution in [0.5, 0.6) is 0 Å². The fourth-order valence-electron chi connectivity index (χ4n) is 2.22. The number of rotatable bonds is 3. The van der Waals surface area contributed by atoms with E-state index in [4.69, 9.17) is 11.6 Å². The number of hydrogen-bond donors (Lipinski definition) is 2. The van der Waals surface area contributed by atoms with Crippen molar-refractivity contribution in [2.24, 2.45) is 5.41 Å². The van der Waals surface area contributed by atoms with Crippen molar-refractivity contribution < 1.29 is 4.79 Å². The summed E-state index contributed by atoms with van der Waals surface area (Å²) in [5, 5.41) is 6.71. The lowest BCUT2D eigenvalue weighted by Crippen LogP contribution is -2.45. The van der Waals surface area contributed by atoms with E-state index in [0.29, 0.717) is 17.1 Å². The van der Waals surface area contributed by atoms with Crippen LogP contribution in [-0.2, 0) is 0 Å². The lowest BCUT2D eigenvalue weighted by molar-refractivity contribution is 0.0924. The summed E-state index contributed by atoms with van der Waals surface area (Å²) < 4.78 is 0. The third-order valence-corrected chi connectivity index (χ3v) is 3.68. The molecule has 0 aliphatic carbocycles. The summed E-state index contributed by atoms with van der Waals surface area (Å²) in [6.07, 6.45) is 5.35. The molecule has 114 valence electrons. The van der Waals surface area contributed by atoms with Crippen LogP contribution in [0.1, 0.15) is 30.1 Å². The van der Waals surface area contributed by atoms with Gasteiger partial charge in [-0.2, -0.15) is 0 Å². The Morgan fingerprint density at radius 2 is 2.30 bits per heavy atom. The molecule has 20 heavy (non-hydrogen) atoms. The molecule has 1 aromatic heterocycles. The Bertz CT molecular complexity index is 437. The average molecular weight is 341 g/mol. The topological polar surface area (TPSA) is 54.0 Å². The lowest BCUT2D eigenvalue weighted by atomic mass is 9.83. The minimum absolute atomic E-state index is 0. The van der Waals surface area contributed by atoms with Gasteiger partial charge in [-0.15, -0.1) is 24.8 Å². The van der Waals surface area contributed by atoms with Crippen molar-refractivity contribution in [1.29, 1.82) is 0 Å². The van der Waals surface area contributed by atoms with Crippen LogP contribution in [0.15, 0.2) is 18.5 Å². The number of amides is 1. The summed E-state index contributed by atoms with van der Waals surface area (Å²) in [7, 11) is 0. The second-order valence-electron chi connectivity index (χ2n) is 5.13. The number of carbonyl (C=O) groups is 1. The standard InChI is InChI=1S/C13H18ClN3O.2ClH/c1-13(4-2-5-16-8-13)9-17-12(18)10-3-6-15-7-11(10)14;;/h3,6-7,16H,2,4-5,8-9H2,1H3,(H,17,18);2*1H. The fourth-order valence-corrected chi connectivity index (χ4v) is 2.42. The van der Waals surface area contributed by atoms with Crippen molar-refractivity contribution in [1.82, 2.24) is 15.6 Å². The van der Waals surface area contributed by atoms with E-state index in [9.17, 15) is 4.79 Å². The molecular formula is C13H20Cl3N3O. The molecule has 0 aromatic carbocycles. The van der Waals surface area contributed by atoms with Gasteiger partial charge in [0.15, 0.2) is 0 Å². The average Bonchev–Trinajstić information content (AvgIpc) is 2.38. The van der Waals surface area contributed by atoms with Gasteiger partial charge in [0.2, 0.25) is 0 Å². The molecular weight excluding hydrogens is 321 g/mol. The summed E-state index contributed by atoms with van der Waals surface area (Å²) in [6, 6.07) is 1.64. The first-order chi connectivity index (χ1) is 8.61. The van der Waals surface area contributed by atoms with Crippen molar-refractivity contribution in [2.75, 3.05) is 19.6 Å². The maximum atomic E-state index is 12.0. The number of aromatic nitrogens is 1. The molecule has 4 nitrogen and oxygen atoms in total. The zero-order valence-corrected chi connectivity index (χ0v) is 13.7. The van der Waals surface area contributed by atoms with Crippen molar-refractivity contribution >= 4 is 42.3 Å². The van der Waals surface area contributed by atoms with Crippen molar-refractivity contribution in [3.05, 3.63) is 29.0 Å². The summed E-state index contributed by atoms with van der Waals surface area (Å²) in [5.41, 5.74) is 0.618. The highest BCUT2D eigenvalue weighted by Gasteiger charge is 2.27. The Morgan fingerprint density at radius 3 is 2.90 bits per heavy atom. The minimum Gasteiger partial charge on any atom is -0.351 e. The molecule has 7 heteroatoms. The molecule has 1 aromatic rings. The van der Waals surface area contributed by atoms with E-state index in [1.807, 2.05) is 0 Å². The molecule has 1 saturated heterocycles. The molecule has 1 atom stereocenters. The van der Waals surface area contributed by atoms with Gasteiger partial charge >= 0.3 is 0 Å². The Balaban J connectivity index is 0.00000180. The molecule has 0 spiro atoms. The molecule has 2 N–H and O–H groups in total. The summed E-state index contributed by atoms with van der Waals surface area (Å²) in [4.78, 5) is 15.9. The number of piperidine rings is 1. The normalized spacial score (nSPS) is 21.3. The third kappa shape index (κ3) is 5.09. The van der Waals surface area contributed by atoms with E-state index in [2.05, 4.69) is 22.5 Å². The predicted molar refractivity (Wildman–Crippen MR) is 86.3 cm³/mol. The van der Waals surface area contributed by atoms with Crippen LogP contribution in [0.4, 0.5) is 0 Å². The van der Waals surface area contributed by atoms with E-state index in [1.54, 1.807) is 12.3 Å². The van der Waals surface area contributed by atoms with E-state index in [-0.39, 0.29) is 36.1 Å². The van der Waals surface area contributed by atoms with Gasteiger partial charge in [-0.3, -0.25) is 9.78 Å². The first-order valence-electron chi connectivity index (χ1n) is 6.19. The highest BCUT2D eigenvalue weighted by atomic mass is 35.5. The van der Waals surface area contributed by atoms with Crippen molar-refractivity contribution in [3.63, 3.8) is 0 Å². The number of carbonyl (C=O) groups excluding carboxylic acids is 1. The van der Waals surface area contributed by atoms with Gasteiger partial charge in [0.25, 0.3) is 5.91 Å². The van der Waals surface area contributed by atoms with E-state index < -0.39 is 0 Å². The molecule has 0 bridgehead atoms. The quantitative estimate of drug-likeness (QED) is 0.889. The Labute approximate surface area is 136 Å². The molecule has 0 radical (unpaired) electrons. The lowest BCUT2D eigenvalue weighted by Gasteiger charge is -2.34. The molecule has 2 heterocycles. The number of nitrogens with zero attached hydrogens (tertiary/aromatic N) is 1. The summed E-state index contributed by atoms with van der Waals surface area (Å²) >= 11 is 5.94. The summed E-state index contributed by atoms with van der Waals surface area (Å²) in [6.45, 7) is 4.86. The van der Waals surface area contributed by atoms with Crippen LogP contribution >= 0.6 is 36.4 Å². The maximum absolute atomic E-state index is 12.0. The number of nitrogens with one attached hydrogen (secondary N) is 2. The van der Waals surface area contributed by atoms with Crippen LogP contribution in [0.2, 0.25) is 5.02 Å². The molecule has 1 aliphatic heterocycles. The van der Waals surface area contributed by atoms with Gasteiger partial charge in [-0.1, -0.05) is 18.5 Å². The molecule has 1 amide bonds. The van der Waals surface area contributed by atoms with Crippen molar-refractivity contribution in [3.8, 4) is 0 Å². The van der Waals surface area contributed by atoms with Gasteiger partial charge < -0.3 is 10.6 Å². The third-order valence-electron chi connectivity index (χ3n) is 3.38. The van der Waals surface area contributed by atoms with E-state index in [1.165, 1.54) is 6.20 Å². The van der Waals surface area contributed by atoms with Crippen LogP contribution in [0.25, 0.3) is 0 Å². The molecule has 2 rings (SSSR count). The molecule has 0 saturated carbocycles. The first-order valence-corrected chi connectivity index (χ1v) is 6.57. The van der Waals surface area contributed by atoms with E-state index >= 15 is 0 Å². The van der Waals surface area contributed by atoms with Gasteiger partial charge in [-0.05, 0) is 30.9 Å². The first kappa shape index (κ1) is 19.4. The summed E-state index contributed by atoms with van der Waals surface area (Å²) in [5.74, 6) is -0.130. The number of pyridine rings is 1. The minimum atomic E-state index is -0.130. The smallest absolute Gasteiger partial charge is 0.252 e. The SMILES string of the molecule is CC1(CNC(=O)c2ccncc2Cl)CCCNC1.Cl.Cl. The van der Waals surface area contributed by atoms with Gasteiger partial charge in [0.1, 0.15) is 0 Å². The van der Waals surface area contributed by atoms with Gasteiger partial charge in [0.05, 0.1) is 10.6 Å². The second-order valence-corrected chi connectivity index (χ2v) is 5.54. The molecule has 1 fully saturated rings. The molecule has 1 unspecified atom stereocenters. The van der Waals surface area contributed by atoms with Crippen molar-refractivity contribution in [2.45, 2.75) is 19.8 Å². The maximum Gasteiger partial charge on any atom is 0.252 e. The Morgan fingerprint density at radius 1 is 1.55 bits per heavy atom. The van der Waals surface area contributed by atoms with Crippen LogP contribution in [0.3, 0.4) is 0 Å². The highest BCUT2D eigenvalue weighted by molar-refractivity contribution is 6.33. The Kier molecular flexibility index (Phi) is 8.44. The number of hydrogen-bond acceptors (Lipinski definition) is 3. The zero-order valence-electron chi connectivity index (χ0n) is 11.3. The van der Waals surface area contributed by atoms with Gasteiger partial charge in [-0.25, -0.2) is 0 Å².